The van der Waals surface area contributed by atoms with E-state index >= 15 is 0 Å². The lowest BCUT2D eigenvalue weighted by Gasteiger charge is -2.28. The number of benzene rings is 1. The van der Waals surface area contributed by atoms with Crippen LogP contribution in [-0.4, -0.2) is 30.1 Å². The molecular formula is C27H39F2NO2. The number of amides is 1. The predicted molar refractivity (Wildman–Crippen MR) is 128 cm³/mol. The summed E-state index contributed by atoms with van der Waals surface area (Å²) < 4.78 is 26.5. The highest BCUT2D eigenvalue weighted by molar-refractivity contribution is 5.99. The van der Waals surface area contributed by atoms with Crippen molar-refractivity contribution in [1.29, 1.82) is 0 Å². The maximum atomic E-state index is 13.2. The van der Waals surface area contributed by atoms with Crippen molar-refractivity contribution in [2.75, 3.05) is 13.2 Å². The van der Waals surface area contributed by atoms with Gasteiger partial charge in [-0.25, -0.2) is 8.78 Å². The first-order valence-electron chi connectivity index (χ1n) is 11.8. The lowest BCUT2D eigenvalue weighted by molar-refractivity contribution is -0.0452. The molecule has 0 saturated heterocycles. The molecule has 2 fully saturated rings. The number of alkyl halides is 2. The second kappa shape index (κ2) is 12.3. The number of halogens is 2. The summed E-state index contributed by atoms with van der Waals surface area (Å²) >= 11 is 0. The molecule has 178 valence electrons. The molecule has 0 aliphatic heterocycles. The third-order valence-electron chi connectivity index (χ3n) is 6.55. The third-order valence-corrected chi connectivity index (χ3v) is 6.55. The molecule has 0 heterocycles. The Kier molecular flexibility index (Phi) is 10.1. The molecule has 5 heteroatoms. The molecule has 1 aromatic rings. The molecule has 0 aromatic heterocycles. The number of allylic oxidation sites excluding steroid dienone is 2. The van der Waals surface area contributed by atoms with Crippen LogP contribution < -0.4 is 5.32 Å². The molecular weight excluding hydrogens is 408 g/mol. The lowest BCUT2D eigenvalue weighted by atomic mass is 9.86. The van der Waals surface area contributed by atoms with Gasteiger partial charge in [-0.15, -0.1) is 0 Å². The van der Waals surface area contributed by atoms with Gasteiger partial charge in [0.05, 0.1) is 0 Å². The van der Waals surface area contributed by atoms with Crippen molar-refractivity contribution < 1.29 is 18.7 Å². The van der Waals surface area contributed by atoms with Gasteiger partial charge in [0.2, 0.25) is 5.92 Å². The summed E-state index contributed by atoms with van der Waals surface area (Å²) in [6, 6.07) is 3.93. The maximum Gasteiger partial charge on any atom is 0.252 e. The quantitative estimate of drug-likeness (QED) is 0.482. The number of carbonyl (C=O) groups excluding carboxylic acids is 1. The van der Waals surface area contributed by atoms with E-state index in [1.165, 1.54) is 25.7 Å². The number of rotatable bonds is 6. The van der Waals surface area contributed by atoms with Gasteiger partial charge in [0, 0.05) is 31.6 Å². The van der Waals surface area contributed by atoms with Crippen LogP contribution in [-0.2, 0) is 0 Å². The minimum Gasteiger partial charge on any atom is -0.396 e. The molecule has 0 bridgehead atoms. The van der Waals surface area contributed by atoms with Gasteiger partial charge in [-0.3, -0.25) is 4.79 Å². The summed E-state index contributed by atoms with van der Waals surface area (Å²) in [5.74, 6) is -1.89. The number of aliphatic hydroxyl groups excluding tert-OH is 1. The lowest BCUT2D eigenvalue weighted by Crippen LogP contribution is -2.34. The number of nitrogens with one attached hydrogen (secondary N) is 1. The summed E-state index contributed by atoms with van der Waals surface area (Å²) in [5.41, 5.74) is 4.37. The zero-order valence-electron chi connectivity index (χ0n) is 19.9. The Balaban J connectivity index is 0.000000439. The molecule has 2 N–H and O–H groups in total. The standard InChI is InChI=1S/C21H27F2NO.C6H12O/c1-14(2)5-8-18-15(3)6-7-16(4)19(18)20(25)24-13-17-9-11-21(22,23)12-10-17;7-5-6-3-1-2-4-6/h5-8,17H,1,9-13H2,2-4H3,(H,24,25);6-7H,1-5H2/b8-5-;. The molecule has 2 aliphatic carbocycles. The van der Waals surface area contributed by atoms with Gasteiger partial charge in [-0.1, -0.05) is 49.3 Å². The average Bonchev–Trinajstić information content (AvgIpc) is 3.27. The first-order valence-corrected chi connectivity index (χ1v) is 11.8. The smallest absolute Gasteiger partial charge is 0.252 e. The van der Waals surface area contributed by atoms with Gasteiger partial charge >= 0.3 is 0 Å². The number of hydrogen-bond acceptors (Lipinski definition) is 2. The van der Waals surface area contributed by atoms with Gasteiger partial charge in [0.15, 0.2) is 0 Å². The van der Waals surface area contributed by atoms with Crippen molar-refractivity contribution >= 4 is 12.0 Å². The largest absolute Gasteiger partial charge is 0.396 e. The molecule has 32 heavy (non-hydrogen) atoms. The van der Waals surface area contributed by atoms with E-state index in [4.69, 9.17) is 5.11 Å². The van der Waals surface area contributed by atoms with Crippen LogP contribution in [0.4, 0.5) is 8.78 Å². The zero-order chi connectivity index (χ0) is 23.7. The second-order valence-electron chi connectivity index (χ2n) is 9.51. The van der Waals surface area contributed by atoms with Crippen LogP contribution in [0.15, 0.2) is 30.4 Å². The van der Waals surface area contributed by atoms with Gasteiger partial charge in [0.1, 0.15) is 0 Å². The molecule has 2 aliphatic rings. The first-order chi connectivity index (χ1) is 15.1. The Bertz CT molecular complexity index is 800. The highest BCUT2D eigenvalue weighted by Gasteiger charge is 2.34. The maximum absolute atomic E-state index is 13.2. The van der Waals surface area contributed by atoms with Gasteiger partial charge in [0.25, 0.3) is 5.91 Å². The van der Waals surface area contributed by atoms with Crippen molar-refractivity contribution in [2.45, 2.75) is 78.1 Å². The van der Waals surface area contributed by atoms with Gasteiger partial charge < -0.3 is 10.4 Å². The van der Waals surface area contributed by atoms with Crippen molar-refractivity contribution in [2.24, 2.45) is 11.8 Å². The zero-order valence-corrected chi connectivity index (χ0v) is 19.9. The van der Waals surface area contributed by atoms with Crippen molar-refractivity contribution in [3.05, 3.63) is 52.6 Å². The van der Waals surface area contributed by atoms with Crippen LogP contribution in [0.3, 0.4) is 0 Å². The van der Waals surface area contributed by atoms with Crippen molar-refractivity contribution in [3.8, 4) is 0 Å². The minimum absolute atomic E-state index is 0.0798. The molecule has 0 spiro atoms. The van der Waals surface area contributed by atoms with Crippen LogP contribution in [0.25, 0.3) is 6.08 Å². The van der Waals surface area contributed by atoms with E-state index in [-0.39, 0.29) is 24.7 Å². The van der Waals surface area contributed by atoms with E-state index in [9.17, 15) is 13.6 Å². The number of aliphatic hydroxyl groups is 1. The molecule has 2 saturated carbocycles. The fourth-order valence-electron chi connectivity index (χ4n) is 4.40. The van der Waals surface area contributed by atoms with E-state index in [0.717, 1.165) is 22.3 Å². The topological polar surface area (TPSA) is 49.3 Å². The predicted octanol–water partition coefficient (Wildman–Crippen LogP) is 6.62. The summed E-state index contributed by atoms with van der Waals surface area (Å²) in [4.78, 5) is 12.7. The molecule has 1 aromatic carbocycles. The average molecular weight is 448 g/mol. The molecule has 1 amide bonds. The fraction of sp³-hybridized carbons (Fsp3) is 0.593. The summed E-state index contributed by atoms with van der Waals surface area (Å²) in [5, 5.41) is 11.5. The van der Waals surface area contributed by atoms with E-state index in [1.54, 1.807) is 0 Å². The van der Waals surface area contributed by atoms with E-state index in [2.05, 4.69) is 11.9 Å². The molecule has 0 radical (unpaired) electrons. The van der Waals surface area contributed by atoms with E-state index < -0.39 is 5.92 Å². The van der Waals surface area contributed by atoms with Gasteiger partial charge in [-0.2, -0.15) is 0 Å². The SMILES string of the molecule is C=C(C)/C=C\c1c(C)ccc(C)c1C(=O)NCC1CCC(F)(F)CC1.OCC1CCCC1. The first kappa shape index (κ1) is 26.2. The second-order valence-corrected chi connectivity index (χ2v) is 9.51. The molecule has 3 nitrogen and oxygen atoms in total. The normalized spacial score (nSPS) is 18.9. The van der Waals surface area contributed by atoms with Crippen molar-refractivity contribution in [3.63, 3.8) is 0 Å². The Morgan fingerprint density at radius 3 is 2.25 bits per heavy atom. The Morgan fingerprint density at radius 1 is 1.12 bits per heavy atom. The van der Waals surface area contributed by atoms with Crippen molar-refractivity contribution in [1.82, 2.24) is 5.32 Å². The van der Waals surface area contributed by atoms with E-state index in [0.29, 0.717) is 37.5 Å². The summed E-state index contributed by atoms with van der Waals surface area (Å²) in [6.45, 7) is 10.5. The monoisotopic (exact) mass is 447 g/mol. The molecule has 0 atom stereocenters. The third kappa shape index (κ3) is 8.16. The van der Waals surface area contributed by atoms with Gasteiger partial charge in [-0.05, 0) is 75.0 Å². The summed E-state index contributed by atoms with van der Waals surface area (Å²) in [7, 11) is 0. The highest BCUT2D eigenvalue weighted by atomic mass is 19.3. The Morgan fingerprint density at radius 2 is 1.72 bits per heavy atom. The van der Waals surface area contributed by atoms with Crippen LogP contribution in [0, 0.1) is 25.7 Å². The van der Waals surface area contributed by atoms with Crippen LogP contribution in [0.1, 0.15) is 85.3 Å². The highest BCUT2D eigenvalue weighted by Crippen LogP contribution is 2.35. The van der Waals surface area contributed by atoms with Crippen LogP contribution in [0.5, 0.6) is 0 Å². The Hall–Kier alpha value is -2.01. The number of carbonyl (C=O) groups is 1. The Labute approximate surface area is 192 Å². The number of hydrogen-bond donors (Lipinski definition) is 2. The summed E-state index contributed by atoms with van der Waals surface area (Å²) in [6.07, 6.45) is 9.77. The minimum atomic E-state index is -2.53. The fourth-order valence-corrected chi connectivity index (χ4v) is 4.40. The van der Waals surface area contributed by atoms with Crippen LogP contribution in [0.2, 0.25) is 0 Å². The molecule has 3 rings (SSSR count). The number of aryl methyl sites for hydroxylation is 2. The molecule has 0 unspecified atom stereocenters. The van der Waals surface area contributed by atoms with Crippen LogP contribution >= 0.6 is 0 Å². The van der Waals surface area contributed by atoms with E-state index in [1.807, 2.05) is 45.1 Å².